The van der Waals surface area contributed by atoms with Crippen LogP contribution in [-0.4, -0.2) is 38.1 Å². The maximum atomic E-state index is 13.6. The number of rotatable bonds is 6. The zero-order valence-corrected chi connectivity index (χ0v) is 12.9. The average molecular weight is 329 g/mol. The summed E-state index contributed by atoms with van der Waals surface area (Å²) in [4.78, 5) is 35.2. The minimum atomic E-state index is -1.18. The minimum Gasteiger partial charge on any atom is -0.469 e. The number of nitrogens with one attached hydrogen (secondary N) is 1. The third-order valence-electron chi connectivity index (χ3n) is 3.20. The van der Waals surface area contributed by atoms with Gasteiger partial charge in [-0.15, -0.1) is 0 Å². The SMILES string of the molecule is COC(=O)C[C@H](C)[C@H](NC(=O)c1ccc(F)cc1F)C(=O)OC. The molecule has 0 saturated carbocycles. The van der Waals surface area contributed by atoms with E-state index in [9.17, 15) is 23.2 Å². The summed E-state index contributed by atoms with van der Waals surface area (Å²) >= 11 is 0. The number of hydrogen-bond acceptors (Lipinski definition) is 5. The number of amides is 1. The quantitative estimate of drug-likeness (QED) is 0.799. The topological polar surface area (TPSA) is 81.7 Å². The second-order valence-electron chi connectivity index (χ2n) is 4.86. The van der Waals surface area contributed by atoms with Crippen LogP contribution in [0.3, 0.4) is 0 Å². The Morgan fingerprint density at radius 1 is 1.17 bits per heavy atom. The van der Waals surface area contributed by atoms with Crippen molar-refractivity contribution in [3.05, 3.63) is 35.4 Å². The zero-order chi connectivity index (χ0) is 17.6. The zero-order valence-electron chi connectivity index (χ0n) is 12.9. The number of esters is 2. The normalized spacial score (nSPS) is 12.9. The van der Waals surface area contributed by atoms with Crippen molar-refractivity contribution >= 4 is 17.8 Å². The molecule has 126 valence electrons. The van der Waals surface area contributed by atoms with Gasteiger partial charge >= 0.3 is 11.9 Å². The monoisotopic (exact) mass is 329 g/mol. The molecule has 0 aliphatic rings. The lowest BCUT2D eigenvalue weighted by Crippen LogP contribution is -2.46. The first kappa shape index (κ1) is 18.5. The highest BCUT2D eigenvalue weighted by atomic mass is 19.1. The van der Waals surface area contributed by atoms with Crippen LogP contribution in [-0.2, 0) is 19.1 Å². The molecule has 1 aromatic carbocycles. The fourth-order valence-corrected chi connectivity index (χ4v) is 1.92. The molecule has 0 fully saturated rings. The smallest absolute Gasteiger partial charge is 0.328 e. The second-order valence-corrected chi connectivity index (χ2v) is 4.86. The molecule has 0 saturated heterocycles. The fraction of sp³-hybridized carbons (Fsp3) is 0.400. The molecule has 1 rings (SSSR count). The van der Waals surface area contributed by atoms with Crippen LogP contribution >= 0.6 is 0 Å². The summed E-state index contributed by atoms with van der Waals surface area (Å²) in [5, 5.41) is 2.29. The van der Waals surface area contributed by atoms with Crippen molar-refractivity contribution in [2.45, 2.75) is 19.4 Å². The van der Waals surface area contributed by atoms with Crippen LogP contribution in [0.4, 0.5) is 8.78 Å². The highest BCUT2D eigenvalue weighted by Gasteiger charge is 2.30. The van der Waals surface area contributed by atoms with Gasteiger partial charge in [0.25, 0.3) is 5.91 Å². The Morgan fingerprint density at radius 3 is 2.35 bits per heavy atom. The number of carbonyl (C=O) groups excluding carboxylic acids is 3. The third-order valence-corrected chi connectivity index (χ3v) is 3.20. The van der Waals surface area contributed by atoms with Crippen molar-refractivity contribution in [2.75, 3.05) is 14.2 Å². The van der Waals surface area contributed by atoms with Crippen LogP contribution in [0, 0.1) is 17.6 Å². The Kier molecular flexibility index (Phi) is 6.62. The van der Waals surface area contributed by atoms with Gasteiger partial charge in [-0.25, -0.2) is 13.6 Å². The lowest BCUT2D eigenvalue weighted by Gasteiger charge is -2.22. The second kappa shape index (κ2) is 8.21. The highest BCUT2D eigenvalue weighted by molar-refractivity contribution is 5.97. The van der Waals surface area contributed by atoms with Gasteiger partial charge in [0.2, 0.25) is 0 Å². The highest BCUT2D eigenvalue weighted by Crippen LogP contribution is 2.14. The lowest BCUT2D eigenvalue weighted by molar-refractivity contribution is -0.146. The van der Waals surface area contributed by atoms with Gasteiger partial charge in [0, 0.05) is 6.07 Å². The van der Waals surface area contributed by atoms with Gasteiger partial charge in [-0.1, -0.05) is 6.92 Å². The van der Waals surface area contributed by atoms with E-state index in [1.807, 2.05) is 0 Å². The van der Waals surface area contributed by atoms with Crippen LogP contribution in [0.1, 0.15) is 23.7 Å². The van der Waals surface area contributed by atoms with Gasteiger partial charge in [-0.05, 0) is 18.1 Å². The minimum absolute atomic E-state index is 0.150. The van der Waals surface area contributed by atoms with Crippen LogP contribution in [0.2, 0.25) is 0 Å². The Balaban J connectivity index is 2.94. The molecule has 0 spiro atoms. The van der Waals surface area contributed by atoms with Crippen molar-refractivity contribution < 1.29 is 32.6 Å². The molecule has 0 heterocycles. The van der Waals surface area contributed by atoms with E-state index in [1.165, 1.54) is 14.0 Å². The molecule has 0 aromatic heterocycles. The van der Waals surface area contributed by atoms with E-state index >= 15 is 0 Å². The van der Waals surface area contributed by atoms with Gasteiger partial charge < -0.3 is 14.8 Å². The Morgan fingerprint density at radius 2 is 1.83 bits per heavy atom. The van der Waals surface area contributed by atoms with Gasteiger partial charge in [-0.3, -0.25) is 9.59 Å². The van der Waals surface area contributed by atoms with E-state index in [0.717, 1.165) is 19.2 Å². The molecule has 1 aromatic rings. The molecular weight excluding hydrogens is 312 g/mol. The van der Waals surface area contributed by atoms with Gasteiger partial charge in [0.05, 0.1) is 26.2 Å². The van der Waals surface area contributed by atoms with E-state index < -0.39 is 47.0 Å². The van der Waals surface area contributed by atoms with E-state index in [4.69, 9.17) is 0 Å². The molecule has 1 N–H and O–H groups in total. The third kappa shape index (κ3) is 5.01. The van der Waals surface area contributed by atoms with Crippen molar-refractivity contribution in [1.82, 2.24) is 5.32 Å². The predicted molar refractivity (Wildman–Crippen MR) is 75.4 cm³/mol. The number of ether oxygens (including phenoxy) is 2. The molecule has 0 aliphatic heterocycles. The summed E-state index contributed by atoms with van der Waals surface area (Å²) in [7, 11) is 2.31. The molecule has 0 unspecified atom stereocenters. The van der Waals surface area contributed by atoms with Crippen molar-refractivity contribution in [1.29, 1.82) is 0 Å². The summed E-state index contributed by atoms with van der Waals surface area (Å²) in [6.07, 6.45) is -0.150. The molecule has 0 aliphatic carbocycles. The standard InChI is InChI=1S/C15H17F2NO5/c1-8(6-12(19)22-2)13(15(21)23-3)18-14(20)10-5-4-9(16)7-11(10)17/h4-5,7-8,13H,6H2,1-3H3,(H,18,20)/t8-,13-/m0/s1. The van der Waals surface area contributed by atoms with Crippen LogP contribution in [0.25, 0.3) is 0 Å². The van der Waals surface area contributed by atoms with Crippen molar-refractivity contribution in [2.24, 2.45) is 5.92 Å². The summed E-state index contributed by atoms with van der Waals surface area (Å²) in [6, 6.07) is 1.25. The molecular formula is C15H17F2NO5. The number of methoxy groups -OCH3 is 2. The first-order valence-corrected chi connectivity index (χ1v) is 6.70. The molecule has 0 radical (unpaired) electrons. The fourth-order valence-electron chi connectivity index (χ4n) is 1.92. The first-order chi connectivity index (χ1) is 10.8. The summed E-state index contributed by atoms with van der Waals surface area (Å²) in [5.74, 6) is -4.84. The van der Waals surface area contributed by atoms with Crippen LogP contribution < -0.4 is 5.32 Å². The Labute approximate surface area is 131 Å². The lowest BCUT2D eigenvalue weighted by atomic mass is 9.97. The average Bonchev–Trinajstić information content (AvgIpc) is 2.51. The van der Waals surface area contributed by atoms with E-state index in [-0.39, 0.29) is 6.42 Å². The Hall–Kier alpha value is -2.51. The molecule has 1 amide bonds. The molecule has 8 heteroatoms. The van der Waals surface area contributed by atoms with Gasteiger partial charge in [0.15, 0.2) is 0 Å². The number of halogens is 2. The molecule has 6 nitrogen and oxygen atoms in total. The van der Waals surface area contributed by atoms with Crippen LogP contribution in [0.15, 0.2) is 18.2 Å². The van der Waals surface area contributed by atoms with Crippen molar-refractivity contribution in [3.8, 4) is 0 Å². The molecule has 23 heavy (non-hydrogen) atoms. The largest absolute Gasteiger partial charge is 0.469 e. The van der Waals surface area contributed by atoms with Gasteiger partial charge in [0.1, 0.15) is 17.7 Å². The number of benzene rings is 1. The number of carbonyl (C=O) groups is 3. The van der Waals surface area contributed by atoms with Crippen LogP contribution in [0.5, 0.6) is 0 Å². The molecule has 0 bridgehead atoms. The van der Waals surface area contributed by atoms with Gasteiger partial charge in [-0.2, -0.15) is 0 Å². The summed E-state index contributed by atoms with van der Waals surface area (Å²) in [6.45, 7) is 1.53. The molecule has 2 atom stereocenters. The van der Waals surface area contributed by atoms with E-state index in [2.05, 4.69) is 14.8 Å². The summed E-state index contributed by atoms with van der Waals surface area (Å²) in [5.41, 5.74) is -0.425. The summed E-state index contributed by atoms with van der Waals surface area (Å²) < 4.78 is 35.6. The first-order valence-electron chi connectivity index (χ1n) is 6.70. The maximum absolute atomic E-state index is 13.6. The van der Waals surface area contributed by atoms with E-state index in [0.29, 0.717) is 6.07 Å². The predicted octanol–water partition coefficient (Wildman–Crippen LogP) is 1.44. The maximum Gasteiger partial charge on any atom is 0.328 e. The van der Waals surface area contributed by atoms with Crippen molar-refractivity contribution in [3.63, 3.8) is 0 Å². The Bertz CT molecular complexity index is 606. The number of hydrogen-bond donors (Lipinski definition) is 1. The van der Waals surface area contributed by atoms with E-state index in [1.54, 1.807) is 0 Å².